The normalized spacial score (nSPS) is 11.8. The van der Waals surface area contributed by atoms with Gasteiger partial charge in [0.1, 0.15) is 18.0 Å². The van der Waals surface area contributed by atoms with Gasteiger partial charge in [0.15, 0.2) is 0 Å². The van der Waals surface area contributed by atoms with Crippen LogP contribution in [-0.2, 0) is 16.1 Å². The summed E-state index contributed by atoms with van der Waals surface area (Å²) in [6.07, 6.45) is 0.806. The molecule has 1 unspecified atom stereocenters. The Morgan fingerprint density at radius 1 is 1.12 bits per heavy atom. The van der Waals surface area contributed by atoms with Gasteiger partial charge in [-0.2, -0.15) is 0 Å². The summed E-state index contributed by atoms with van der Waals surface area (Å²) < 4.78 is 5.54. The van der Waals surface area contributed by atoms with Crippen LogP contribution in [0.25, 0.3) is 0 Å². The van der Waals surface area contributed by atoms with Gasteiger partial charge in [-0.1, -0.05) is 35.5 Å². The number of hydrogen-bond acceptors (Lipinski definition) is 5. The first kappa shape index (κ1) is 21.2. The molecule has 0 aliphatic carbocycles. The molecule has 2 aromatic carbocycles. The van der Waals surface area contributed by atoms with E-state index in [1.165, 1.54) is 0 Å². The van der Waals surface area contributed by atoms with Crippen molar-refractivity contribution in [3.8, 4) is 5.75 Å². The van der Waals surface area contributed by atoms with Crippen molar-refractivity contribution < 1.29 is 49.0 Å². The van der Waals surface area contributed by atoms with Crippen LogP contribution in [-0.4, -0.2) is 24.4 Å². The molecule has 0 N–H and O–H groups in total. The van der Waals surface area contributed by atoms with Crippen molar-refractivity contribution in [2.75, 3.05) is 0 Å². The second kappa shape index (κ2) is 10.9. The van der Waals surface area contributed by atoms with Crippen LogP contribution in [0.15, 0.2) is 59.8 Å². The van der Waals surface area contributed by atoms with Gasteiger partial charge in [-0.05, 0) is 49.2 Å². The fraction of sp³-hybridized carbons (Fsp3) is 0.263. The van der Waals surface area contributed by atoms with Crippen LogP contribution in [0, 0.1) is 0 Å². The van der Waals surface area contributed by atoms with Crippen LogP contribution < -0.4 is 39.4 Å². The SMILES string of the molecule is CC(C)O/N=C/c1ccc(OC(Cc2ccccc2)C(=O)[O-])cc1.[Na+]. The van der Waals surface area contributed by atoms with Gasteiger partial charge in [0.05, 0.1) is 12.2 Å². The summed E-state index contributed by atoms with van der Waals surface area (Å²) in [6.45, 7) is 3.78. The van der Waals surface area contributed by atoms with Gasteiger partial charge in [-0.3, -0.25) is 0 Å². The van der Waals surface area contributed by atoms with E-state index >= 15 is 0 Å². The van der Waals surface area contributed by atoms with Crippen molar-refractivity contribution in [2.45, 2.75) is 32.5 Å². The number of ether oxygens (including phenoxy) is 1. The molecule has 5 nitrogen and oxygen atoms in total. The molecular formula is C19H20NNaO4. The summed E-state index contributed by atoms with van der Waals surface area (Å²) in [4.78, 5) is 16.4. The standard InChI is InChI=1S/C19H21NO4.Na/c1-14(2)24-20-13-16-8-10-17(11-9-16)23-18(19(21)22)12-15-6-4-3-5-7-15;/h3-11,13-14,18H,12H2,1-2H3,(H,21,22);/q;+1/p-1/b20-13+;. The van der Waals surface area contributed by atoms with E-state index in [1.807, 2.05) is 44.2 Å². The molecule has 0 saturated heterocycles. The first-order chi connectivity index (χ1) is 11.5. The maximum atomic E-state index is 11.3. The molecule has 2 aromatic rings. The Labute approximate surface area is 169 Å². The number of carbonyl (C=O) groups is 1. The zero-order valence-electron chi connectivity index (χ0n) is 14.7. The second-order valence-corrected chi connectivity index (χ2v) is 5.57. The van der Waals surface area contributed by atoms with Crippen LogP contribution in [0.3, 0.4) is 0 Å². The van der Waals surface area contributed by atoms with E-state index in [0.29, 0.717) is 5.75 Å². The zero-order valence-corrected chi connectivity index (χ0v) is 16.7. The van der Waals surface area contributed by atoms with Crippen molar-refractivity contribution in [1.29, 1.82) is 0 Å². The third-order valence-electron chi connectivity index (χ3n) is 3.16. The van der Waals surface area contributed by atoms with E-state index in [1.54, 1.807) is 30.5 Å². The molecule has 0 amide bonds. The third-order valence-corrected chi connectivity index (χ3v) is 3.16. The smallest absolute Gasteiger partial charge is 0.546 e. The molecule has 0 aliphatic heterocycles. The molecular weight excluding hydrogens is 329 g/mol. The molecule has 25 heavy (non-hydrogen) atoms. The second-order valence-electron chi connectivity index (χ2n) is 5.57. The average molecular weight is 349 g/mol. The van der Waals surface area contributed by atoms with E-state index in [-0.39, 0.29) is 42.1 Å². The van der Waals surface area contributed by atoms with Crippen LogP contribution in [0.5, 0.6) is 5.75 Å². The summed E-state index contributed by atoms with van der Waals surface area (Å²) in [6, 6.07) is 16.2. The summed E-state index contributed by atoms with van der Waals surface area (Å²) in [7, 11) is 0. The number of benzene rings is 2. The van der Waals surface area contributed by atoms with Crippen LogP contribution in [0.2, 0.25) is 0 Å². The maximum Gasteiger partial charge on any atom is 1.00 e. The van der Waals surface area contributed by atoms with Crippen molar-refractivity contribution >= 4 is 12.2 Å². The maximum absolute atomic E-state index is 11.3. The Kier molecular flexibility index (Phi) is 9.27. The number of hydrogen-bond donors (Lipinski definition) is 0. The van der Waals surface area contributed by atoms with E-state index in [9.17, 15) is 9.90 Å². The minimum Gasteiger partial charge on any atom is -0.546 e. The summed E-state index contributed by atoms with van der Waals surface area (Å²) >= 11 is 0. The summed E-state index contributed by atoms with van der Waals surface area (Å²) in [5.74, 6) is -0.781. The van der Waals surface area contributed by atoms with Gasteiger partial charge in [-0.25, -0.2) is 0 Å². The van der Waals surface area contributed by atoms with Gasteiger partial charge in [0, 0.05) is 6.42 Å². The predicted octanol–water partition coefficient (Wildman–Crippen LogP) is -0.810. The van der Waals surface area contributed by atoms with E-state index in [2.05, 4.69) is 5.16 Å². The Hall–Kier alpha value is -1.82. The fourth-order valence-electron chi connectivity index (χ4n) is 2.01. The van der Waals surface area contributed by atoms with E-state index in [0.717, 1.165) is 11.1 Å². The predicted molar refractivity (Wildman–Crippen MR) is 89.8 cm³/mol. The van der Waals surface area contributed by atoms with Gasteiger partial charge in [-0.15, -0.1) is 0 Å². The minimum absolute atomic E-state index is 0. The molecule has 0 fully saturated rings. The number of carboxylic acid groups (broad SMARTS) is 1. The first-order valence-corrected chi connectivity index (χ1v) is 7.75. The fourth-order valence-corrected chi connectivity index (χ4v) is 2.01. The number of rotatable bonds is 8. The van der Waals surface area contributed by atoms with Gasteiger partial charge < -0.3 is 19.5 Å². The van der Waals surface area contributed by atoms with Crippen molar-refractivity contribution in [2.24, 2.45) is 5.16 Å². The van der Waals surface area contributed by atoms with Crippen LogP contribution in [0.1, 0.15) is 25.0 Å². The molecule has 0 spiro atoms. The molecule has 0 heterocycles. The molecule has 6 heteroatoms. The molecule has 1 atom stereocenters. The largest absolute Gasteiger partial charge is 1.00 e. The molecule has 0 radical (unpaired) electrons. The van der Waals surface area contributed by atoms with Crippen molar-refractivity contribution in [1.82, 2.24) is 0 Å². The van der Waals surface area contributed by atoms with E-state index in [4.69, 9.17) is 9.57 Å². The molecule has 0 saturated carbocycles. The average Bonchev–Trinajstić information content (AvgIpc) is 2.56. The molecule has 0 aliphatic rings. The molecule has 126 valence electrons. The number of oxime groups is 1. The Morgan fingerprint density at radius 2 is 1.76 bits per heavy atom. The Bertz CT molecular complexity index is 672. The molecule has 0 aromatic heterocycles. The number of carboxylic acids is 1. The van der Waals surface area contributed by atoms with Crippen molar-refractivity contribution in [3.63, 3.8) is 0 Å². The third kappa shape index (κ3) is 7.73. The Morgan fingerprint density at radius 3 is 2.32 bits per heavy atom. The quantitative estimate of drug-likeness (QED) is 0.355. The topological polar surface area (TPSA) is 71.0 Å². The number of carbonyl (C=O) groups excluding carboxylic acids is 1. The monoisotopic (exact) mass is 349 g/mol. The first-order valence-electron chi connectivity index (χ1n) is 7.75. The Balaban J connectivity index is 0.00000312. The molecule has 0 bridgehead atoms. The number of nitrogens with zero attached hydrogens (tertiary/aromatic N) is 1. The molecule has 2 rings (SSSR count). The number of aliphatic carboxylic acids is 1. The van der Waals surface area contributed by atoms with Crippen molar-refractivity contribution in [3.05, 3.63) is 65.7 Å². The zero-order chi connectivity index (χ0) is 17.4. The van der Waals surface area contributed by atoms with Gasteiger partial charge in [0.25, 0.3) is 0 Å². The minimum atomic E-state index is -1.24. The van der Waals surface area contributed by atoms with Gasteiger partial charge >= 0.3 is 29.6 Å². The van der Waals surface area contributed by atoms with Crippen LogP contribution in [0.4, 0.5) is 0 Å². The van der Waals surface area contributed by atoms with E-state index < -0.39 is 12.1 Å². The van der Waals surface area contributed by atoms with Gasteiger partial charge in [0.2, 0.25) is 0 Å². The van der Waals surface area contributed by atoms with Crippen LogP contribution >= 0.6 is 0 Å². The summed E-state index contributed by atoms with van der Waals surface area (Å²) in [5.41, 5.74) is 1.71. The summed E-state index contributed by atoms with van der Waals surface area (Å²) in [5, 5.41) is 15.2.